The van der Waals surface area contributed by atoms with E-state index in [1.54, 1.807) is 16.0 Å². The number of aromatic nitrogens is 3. The molecule has 1 aliphatic heterocycles. The second-order valence-corrected chi connectivity index (χ2v) is 9.38. The maximum Gasteiger partial charge on any atom is 0.226 e. The molecule has 7 heteroatoms. The van der Waals surface area contributed by atoms with Crippen molar-refractivity contribution in [2.24, 2.45) is 0 Å². The van der Waals surface area contributed by atoms with Gasteiger partial charge in [0.05, 0.1) is 15.9 Å². The molecule has 1 aliphatic rings. The Morgan fingerprint density at radius 3 is 2.74 bits per heavy atom. The molecule has 1 atom stereocenters. The van der Waals surface area contributed by atoms with Gasteiger partial charge in [-0.15, -0.1) is 0 Å². The maximum absolute atomic E-state index is 12.8. The lowest BCUT2D eigenvalue weighted by atomic mass is 9.86. The van der Waals surface area contributed by atoms with Gasteiger partial charge in [-0.2, -0.15) is 9.78 Å². The molecule has 0 fully saturated rings. The molecule has 0 saturated heterocycles. The summed E-state index contributed by atoms with van der Waals surface area (Å²) in [4.78, 5) is 17.5. The molecule has 1 N–H and O–H groups in total. The number of thiazole rings is 1. The monoisotopic (exact) mass is 466 g/mol. The van der Waals surface area contributed by atoms with Crippen LogP contribution >= 0.6 is 11.3 Å². The number of para-hydroxylation sites is 1. The highest BCUT2D eigenvalue weighted by atomic mass is 32.1. The Morgan fingerprint density at radius 1 is 1.06 bits per heavy atom. The Labute approximate surface area is 200 Å². The Hall–Kier alpha value is -3.97. The van der Waals surface area contributed by atoms with Gasteiger partial charge in [0, 0.05) is 17.9 Å². The Morgan fingerprint density at radius 2 is 1.88 bits per heavy atom. The number of amides is 1. The molecule has 0 spiro atoms. The van der Waals surface area contributed by atoms with Gasteiger partial charge >= 0.3 is 0 Å². The molecule has 6 rings (SSSR count). The number of rotatable bonds is 5. The zero-order valence-electron chi connectivity index (χ0n) is 18.6. The average molecular weight is 467 g/mol. The molecule has 6 nitrogen and oxygen atoms in total. The number of hydrogen-bond acceptors (Lipinski definition) is 5. The third-order valence-corrected chi connectivity index (χ3v) is 7.09. The third kappa shape index (κ3) is 3.74. The van der Waals surface area contributed by atoms with Gasteiger partial charge < -0.3 is 10.1 Å². The minimum absolute atomic E-state index is 0.0321. The Kier molecular flexibility index (Phi) is 5.11. The fourth-order valence-corrected chi connectivity index (χ4v) is 5.41. The molecule has 0 radical (unpaired) electrons. The lowest BCUT2D eigenvalue weighted by molar-refractivity contribution is -0.116. The summed E-state index contributed by atoms with van der Waals surface area (Å²) >= 11 is 1.56. The quantitative estimate of drug-likeness (QED) is 0.353. The van der Waals surface area contributed by atoms with Gasteiger partial charge in [-0.25, -0.2) is 4.98 Å². The molecule has 0 aliphatic carbocycles. The standard InChI is InChI=1S/C27H22N4O2S/c1-17-25-21(19-10-7-11-20(14-19)33-16-18-8-3-2-4-9-18)15-24(32)29-26(25)31(30-17)27-28-22-12-5-6-13-23(22)34-27/h2-14,21H,15-16H2,1H3,(H,29,32)/t21-/m0/s1. The van der Waals surface area contributed by atoms with E-state index in [0.717, 1.165) is 43.5 Å². The Bertz CT molecular complexity index is 1470. The fraction of sp³-hybridized carbons (Fsp3) is 0.148. The summed E-state index contributed by atoms with van der Waals surface area (Å²) in [7, 11) is 0. The van der Waals surface area contributed by atoms with Crippen LogP contribution in [0.3, 0.4) is 0 Å². The largest absolute Gasteiger partial charge is 0.489 e. The van der Waals surface area contributed by atoms with Crippen LogP contribution in [0.4, 0.5) is 5.82 Å². The van der Waals surface area contributed by atoms with Crippen molar-refractivity contribution in [1.29, 1.82) is 0 Å². The minimum Gasteiger partial charge on any atom is -0.489 e. The number of benzene rings is 3. The predicted molar refractivity (Wildman–Crippen MR) is 134 cm³/mol. The minimum atomic E-state index is -0.104. The van der Waals surface area contributed by atoms with Crippen molar-refractivity contribution < 1.29 is 9.53 Å². The van der Waals surface area contributed by atoms with Crippen LogP contribution in [0.2, 0.25) is 0 Å². The van der Waals surface area contributed by atoms with Crippen molar-refractivity contribution in [3.05, 3.63) is 101 Å². The molecular formula is C27H22N4O2S. The van der Waals surface area contributed by atoms with Crippen LogP contribution in [-0.4, -0.2) is 20.7 Å². The molecule has 168 valence electrons. The van der Waals surface area contributed by atoms with E-state index < -0.39 is 0 Å². The molecule has 0 bridgehead atoms. The fourth-order valence-electron chi connectivity index (χ4n) is 4.48. The van der Waals surface area contributed by atoms with E-state index >= 15 is 0 Å². The molecule has 5 aromatic rings. The highest BCUT2D eigenvalue weighted by molar-refractivity contribution is 7.20. The van der Waals surface area contributed by atoms with Crippen molar-refractivity contribution in [3.63, 3.8) is 0 Å². The second-order valence-electron chi connectivity index (χ2n) is 8.38. The number of ether oxygens (including phenoxy) is 1. The third-order valence-electron chi connectivity index (χ3n) is 6.08. The number of aryl methyl sites for hydroxylation is 1. The van der Waals surface area contributed by atoms with Gasteiger partial charge in [-0.1, -0.05) is 65.9 Å². The first-order valence-electron chi connectivity index (χ1n) is 11.2. The molecule has 0 unspecified atom stereocenters. The van der Waals surface area contributed by atoms with Crippen LogP contribution < -0.4 is 10.1 Å². The van der Waals surface area contributed by atoms with Crippen molar-refractivity contribution in [3.8, 4) is 10.9 Å². The van der Waals surface area contributed by atoms with E-state index in [4.69, 9.17) is 14.8 Å². The number of carbonyl (C=O) groups is 1. The predicted octanol–water partition coefficient (Wildman–Crippen LogP) is 5.84. The first kappa shape index (κ1) is 20.6. The van der Waals surface area contributed by atoms with E-state index in [9.17, 15) is 4.79 Å². The van der Waals surface area contributed by atoms with E-state index in [1.807, 2.05) is 79.7 Å². The summed E-state index contributed by atoms with van der Waals surface area (Å²) < 4.78 is 8.90. The lowest BCUT2D eigenvalue weighted by Gasteiger charge is -2.24. The summed E-state index contributed by atoms with van der Waals surface area (Å²) in [5.74, 6) is 1.35. The number of hydrogen-bond donors (Lipinski definition) is 1. The second kappa shape index (κ2) is 8.43. The molecule has 34 heavy (non-hydrogen) atoms. The zero-order chi connectivity index (χ0) is 23.1. The number of nitrogens with zero attached hydrogens (tertiary/aromatic N) is 3. The normalized spacial score (nSPS) is 15.2. The average Bonchev–Trinajstić information content (AvgIpc) is 3.44. The van der Waals surface area contributed by atoms with Crippen molar-refractivity contribution in [1.82, 2.24) is 14.8 Å². The summed E-state index contributed by atoms with van der Waals surface area (Å²) in [6.07, 6.45) is 0.363. The maximum atomic E-state index is 12.8. The van der Waals surface area contributed by atoms with Crippen LogP contribution in [-0.2, 0) is 11.4 Å². The van der Waals surface area contributed by atoms with E-state index in [-0.39, 0.29) is 11.8 Å². The summed E-state index contributed by atoms with van der Waals surface area (Å²) in [6, 6.07) is 26.1. The molecule has 0 saturated carbocycles. The van der Waals surface area contributed by atoms with Gasteiger partial charge in [0.25, 0.3) is 0 Å². The van der Waals surface area contributed by atoms with Gasteiger partial charge in [0.15, 0.2) is 0 Å². The summed E-state index contributed by atoms with van der Waals surface area (Å²) in [5, 5.41) is 8.58. The number of nitrogens with one attached hydrogen (secondary N) is 1. The molecule has 3 heterocycles. The summed E-state index contributed by atoms with van der Waals surface area (Å²) in [6.45, 7) is 2.48. The molecule has 3 aromatic carbocycles. The van der Waals surface area contributed by atoms with Crippen LogP contribution in [0.1, 0.15) is 34.7 Å². The first-order chi connectivity index (χ1) is 16.7. The van der Waals surface area contributed by atoms with Crippen LogP contribution in [0, 0.1) is 6.92 Å². The van der Waals surface area contributed by atoms with E-state index in [0.29, 0.717) is 18.8 Å². The van der Waals surface area contributed by atoms with Crippen molar-refractivity contribution in [2.45, 2.75) is 25.9 Å². The van der Waals surface area contributed by atoms with E-state index in [1.165, 1.54) is 0 Å². The topological polar surface area (TPSA) is 69.0 Å². The highest BCUT2D eigenvalue weighted by Gasteiger charge is 2.33. The summed E-state index contributed by atoms with van der Waals surface area (Å²) in [5.41, 5.74) is 4.98. The van der Waals surface area contributed by atoms with Gasteiger partial charge in [-0.3, -0.25) is 4.79 Å². The highest BCUT2D eigenvalue weighted by Crippen LogP contribution is 2.41. The number of carbonyl (C=O) groups excluding carboxylic acids is 1. The number of fused-ring (bicyclic) bond motifs is 2. The Balaban J connectivity index is 1.36. The van der Waals surface area contributed by atoms with Crippen LogP contribution in [0.15, 0.2) is 78.9 Å². The molecule has 2 aromatic heterocycles. The lowest BCUT2D eigenvalue weighted by Crippen LogP contribution is -2.25. The smallest absolute Gasteiger partial charge is 0.226 e. The van der Waals surface area contributed by atoms with Crippen LogP contribution in [0.25, 0.3) is 15.3 Å². The van der Waals surface area contributed by atoms with Gasteiger partial charge in [0.1, 0.15) is 18.2 Å². The zero-order valence-corrected chi connectivity index (χ0v) is 19.4. The van der Waals surface area contributed by atoms with Crippen LogP contribution in [0.5, 0.6) is 5.75 Å². The first-order valence-corrected chi connectivity index (χ1v) is 12.0. The molecule has 1 amide bonds. The van der Waals surface area contributed by atoms with Gasteiger partial charge in [0.2, 0.25) is 11.0 Å². The SMILES string of the molecule is Cc1nn(-c2nc3ccccc3s2)c2c1[C@H](c1cccc(OCc3ccccc3)c1)CC(=O)N2. The van der Waals surface area contributed by atoms with Crippen molar-refractivity contribution in [2.75, 3.05) is 5.32 Å². The van der Waals surface area contributed by atoms with Crippen molar-refractivity contribution >= 4 is 33.3 Å². The van der Waals surface area contributed by atoms with E-state index in [2.05, 4.69) is 11.4 Å². The number of anilines is 1. The van der Waals surface area contributed by atoms with Gasteiger partial charge in [-0.05, 0) is 42.3 Å². The molecular weight excluding hydrogens is 444 g/mol.